The summed E-state index contributed by atoms with van der Waals surface area (Å²) in [5.74, 6) is 1.52. The molecule has 0 N–H and O–H groups in total. The van der Waals surface area contributed by atoms with Crippen LogP contribution in [0, 0.1) is 13.8 Å². The molecule has 3 rings (SSSR count). The average molecular weight is 362 g/mol. The Bertz CT molecular complexity index is 903. The van der Waals surface area contributed by atoms with Crippen molar-refractivity contribution in [1.29, 1.82) is 0 Å². The van der Waals surface area contributed by atoms with E-state index in [0.29, 0.717) is 30.3 Å². The molecule has 0 amide bonds. The van der Waals surface area contributed by atoms with Crippen LogP contribution in [0.3, 0.4) is 0 Å². The van der Waals surface area contributed by atoms with Crippen molar-refractivity contribution in [3.05, 3.63) is 89.5 Å². The van der Waals surface area contributed by atoms with E-state index < -0.39 is 5.97 Å². The predicted molar refractivity (Wildman–Crippen MR) is 105 cm³/mol. The first-order valence-electron chi connectivity index (χ1n) is 8.82. The number of rotatable bonds is 7. The van der Waals surface area contributed by atoms with Gasteiger partial charge in [-0.3, -0.25) is 0 Å². The molecule has 0 saturated heterocycles. The van der Waals surface area contributed by atoms with Crippen LogP contribution in [0.5, 0.6) is 17.2 Å². The number of ether oxygens (including phenoxy) is 3. The number of hydrogen-bond donors (Lipinski definition) is 0. The summed E-state index contributed by atoms with van der Waals surface area (Å²) in [4.78, 5) is 12.4. The molecule has 0 fully saturated rings. The minimum absolute atomic E-state index is 0.380. The first-order valence-corrected chi connectivity index (χ1v) is 8.82. The maximum atomic E-state index is 12.4. The highest BCUT2D eigenvalue weighted by atomic mass is 16.5. The van der Waals surface area contributed by atoms with Gasteiger partial charge in [-0.05, 0) is 67.4 Å². The summed E-state index contributed by atoms with van der Waals surface area (Å²) in [5, 5.41) is 0. The first kappa shape index (κ1) is 18.5. The van der Waals surface area contributed by atoms with Gasteiger partial charge in [0.1, 0.15) is 30.5 Å². The van der Waals surface area contributed by atoms with Gasteiger partial charge in [0.05, 0.1) is 5.56 Å². The highest BCUT2D eigenvalue weighted by Gasteiger charge is 2.10. The minimum atomic E-state index is -0.413. The van der Waals surface area contributed by atoms with Crippen LogP contribution < -0.4 is 14.2 Å². The Morgan fingerprint density at radius 3 is 2.15 bits per heavy atom. The number of aryl methyl sites for hydroxylation is 2. The second-order valence-corrected chi connectivity index (χ2v) is 6.17. The number of carbonyl (C=O) groups excluding carboxylic acids is 1. The second-order valence-electron chi connectivity index (χ2n) is 6.17. The number of esters is 1. The number of para-hydroxylation sites is 1. The van der Waals surface area contributed by atoms with E-state index in [1.807, 2.05) is 56.3 Å². The molecule has 0 radical (unpaired) electrons. The quantitative estimate of drug-likeness (QED) is 0.338. The molecule has 0 atom stereocenters. The fourth-order valence-corrected chi connectivity index (χ4v) is 2.49. The van der Waals surface area contributed by atoms with E-state index in [0.717, 1.165) is 16.9 Å². The van der Waals surface area contributed by atoms with Crippen LogP contribution in [0.25, 0.3) is 0 Å². The van der Waals surface area contributed by atoms with Crippen LogP contribution in [0.2, 0.25) is 0 Å². The Balaban J connectivity index is 1.54. The summed E-state index contributed by atoms with van der Waals surface area (Å²) < 4.78 is 16.7. The zero-order chi connectivity index (χ0) is 19.1. The molecule has 0 heterocycles. The number of hydrogen-bond acceptors (Lipinski definition) is 4. The lowest BCUT2D eigenvalue weighted by molar-refractivity contribution is 0.0734. The van der Waals surface area contributed by atoms with Crippen molar-refractivity contribution in [2.75, 3.05) is 13.2 Å². The van der Waals surface area contributed by atoms with Gasteiger partial charge in [0.2, 0.25) is 0 Å². The summed E-state index contributed by atoms with van der Waals surface area (Å²) in [6.07, 6.45) is 0. The molecular weight excluding hydrogens is 340 g/mol. The fourth-order valence-electron chi connectivity index (χ4n) is 2.49. The molecule has 0 aliphatic carbocycles. The van der Waals surface area contributed by atoms with Gasteiger partial charge in [0, 0.05) is 0 Å². The van der Waals surface area contributed by atoms with Gasteiger partial charge in [-0.25, -0.2) is 4.79 Å². The Hall–Kier alpha value is -3.27. The van der Waals surface area contributed by atoms with E-state index in [-0.39, 0.29) is 0 Å². The molecule has 0 bridgehead atoms. The number of carbonyl (C=O) groups is 1. The lowest BCUT2D eigenvalue weighted by Gasteiger charge is -2.10. The topological polar surface area (TPSA) is 44.8 Å². The third-order valence-electron chi connectivity index (χ3n) is 4.12. The third kappa shape index (κ3) is 5.35. The molecular formula is C23H22O4. The first-order chi connectivity index (χ1) is 13.1. The van der Waals surface area contributed by atoms with E-state index >= 15 is 0 Å². The van der Waals surface area contributed by atoms with E-state index in [1.54, 1.807) is 30.3 Å². The van der Waals surface area contributed by atoms with Crippen LogP contribution in [-0.2, 0) is 0 Å². The molecule has 3 aromatic carbocycles. The van der Waals surface area contributed by atoms with Gasteiger partial charge < -0.3 is 14.2 Å². The van der Waals surface area contributed by atoms with Crippen LogP contribution in [0.15, 0.2) is 72.8 Å². The second kappa shape index (κ2) is 8.90. The Morgan fingerprint density at radius 1 is 0.704 bits per heavy atom. The zero-order valence-electron chi connectivity index (χ0n) is 15.5. The SMILES string of the molecule is Cc1ccc(OC(=O)c2cccc(OCCOc3ccccc3)c2)cc1C. The molecule has 0 aliphatic rings. The number of benzene rings is 3. The Morgan fingerprint density at radius 2 is 1.41 bits per heavy atom. The summed E-state index contributed by atoms with van der Waals surface area (Å²) in [6.45, 7) is 4.80. The van der Waals surface area contributed by atoms with E-state index in [9.17, 15) is 4.79 Å². The van der Waals surface area contributed by atoms with E-state index in [4.69, 9.17) is 14.2 Å². The standard InChI is InChI=1S/C23H22O4/c1-17-11-12-22(15-18(17)2)27-23(24)19-7-6-10-21(16-19)26-14-13-25-20-8-4-3-5-9-20/h3-12,15-16H,13-14H2,1-2H3. The smallest absolute Gasteiger partial charge is 0.343 e. The van der Waals surface area contributed by atoms with Crippen molar-refractivity contribution in [3.63, 3.8) is 0 Å². The summed E-state index contributed by atoms with van der Waals surface area (Å²) in [7, 11) is 0. The van der Waals surface area contributed by atoms with E-state index in [1.165, 1.54) is 0 Å². The van der Waals surface area contributed by atoms with Crippen LogP contribution in [0.1, 0.15) is 21.5 Å². The van der Waals surface area contributed by atoms with Crippen molar-refractivity contribution < 1.29 is 19.0 Å². The van der Waals surface area contributed by atoms with Crippen molar-refractivity contribution in [3.8, 4) is 17.2 Å². The molecule has 0 aromatic heterocycles. The Kier molecular flexibility index (Phi) is 6.10. The molecule has 138 valence electrons. The van der Waals surface area contributed by atoms with Crippen molar-refractivity contribution in [2.24, 2.45) is 0 Å². The molecule has 3 aromatic rings. The lowest BCUT2D eigenvalue weighted by atomic mass is 10.1. The predicted octanol–water partition coefficient (Wildman–Crippen LogP) is 4.98. The largest absolute Gasteiger partial charge is 0.490 e. The van der Waals surface area contributed by atoms with Crippen molar-refractivity contribution in [2.45, 2.75) is 13.8 Å². The van der Waals surface area contributed by atoms with Crippen molar-refractivity contribution >= 4 is 5.97 Å². The molecule has 0 unspecified atom stereocenters. The minimum Gasteiger partial charge on any atom is -0.490 e. The van der Waals surface area contributed by atoms with Gasteiger partial charge >= 0.3 is 5.97 Å². The van der Waals surface area contributed by atoms with Crippen LogP contribution in [0.4, 0.5) is 0 Å². The van der Waals surface area contributed by atoms with Gasteiger partial charge in [0.15, 0.2) is 0 Å². The van der Waals surface area contributed by atoms with Crippen LogP contribution >= 0.6 is 0 Å². The van der Waals surface area contributed by atoms with E-state index in [2.05, 4.69) is 0 Å². The highest BCUT2D eigenvalue weighted by Crippen LogP contribution is 2.19. The summed E-state index contributed by atoms with van der Waals surface area (Å²) in [6, 6.07) is 22.1. The molecule has 4 nitrogen and oxygen atoms in total. The zero-order valence-corrected chi connectivity index (χ0v) is 15.5. The van der Waals surface area contributed by atoms with Gasteiger partial charge in [-0.15, -0.1) is 0 Å². The fraction of sp³-hybridized carbons (Fsp3) is 0.174. The highest BCUT2D eigenvalue weighted by molar-refractivity contribution is 5.91. The maximum Gasteiger partial charge on any atom is 0.343 e. The molecule has 27 heavy (non-hydrogen) atoms. The monoisotopic (exact) mass is 362 g/mol. The van der Waals surface area contributed by atoms with Gasteiger partial charge in [-0.1, -0.05) is 30.3 Å². The van der Waals surface area contributed by atoms with Crippen molar-refractivity contribution in [1.82, 2.24) is 0 Å². The van der Waals surface area contributed by atoms with Crippen LogP contribution in [-0.4, -0.2) is 19.2 Å². The molecule has 0 aliphatic heterocycles. The lowest BCUT2D eigenvalue weighted by Crippen LogP contribution is -2.11. The molecule has 0 saturated carbocycles. The van der Waals surface area contributed by atoms with Gasteiger partial charge in [-0.2, -0.15) is 0 Å². The normalized spacial score (nSPS) is 10.3. The summed E-state index contributed by atoms with van der Waals surface area (Å²) >= 11 is 0. The third-order valence-corrected chi connectivity index (χ3v) is 4.12. The maximum absolute atomic E-state index is 12.4. The van der Waals surface area contributed by atoms with Gasteiger partial charge in [0.25, 0.3) is 0 Å². The average Bonchev–Trinajstić information content (AvgIpc) is 2.69. The Labute approximate surface area is 159 Å². The molecule has 0 spiro atoms. The molecule has 4 heteroatoms. The summed E-state index contributed by atoms with van der Waals surface area (Å²) in [5.41, 5.74) is 2.67.